The van der Waals surface area contributed by atoms with E-state index in [1.807, 2.05) is 0 Å². The zero-order valence-corrected chi connectivity index (χ0v) is 7.64. The third-order valence-corrected chi connectivity index (χ3v) is 2.64. The second kappa shape index (κ2) is 3.52. The summed E-state index contributed by atoms with van der Waals surface area (Å²) >= 11 is 0. The van der Waals surface area contributed by atoms with Crippen LogP contribution in [-0.4, -0.2) is 17.8 Å². The van der Waals surface area contributed by atoms with Crippen LogP contribution in [0.15, 0.2) is 23.0 Å². The van der Waals surface area contributed by atoms with Gasteiger partial charge in [0.2, 0.25) is 0 Å². The number of rotatable bonds is 2. The molecule has 0 saturated carbocycles. The zero-order valence-electron chi connectivity index (χ0n) is 7.64. The monoisotopic (exact) mass is 182 g/mol. The minimum atomic E-state index is -0.545. The molecule has 0 amide bonds. The maximum atomic E-state index is 9.89. The van der Waals surface area contributed by atoms with Gasteiger partial charge in [0, 0.05) is 12.2 Å². The van der Waals surface area contributed by atoms with Crippen LogP contribution >= 0.6 is 0 Å². The van der Waals surface area contributed by atoms with Crippen molar-refractivity contribution >= 4 is 0 Å². The van der Waals surface area contributed by atoms with Crippen molar-refractivity contribution in [2.24, 2.45) is 5.92 Å². The molecule has 3 atom stereocenters. The van der Waals surface area contributed by atoms with E-state index in [-0.39, 0.29) is 6.10 Å². The predicted molar refractivity (Wildman–Crippen MR) is 47.2 cm³/mol. The van der Waals surface area contributed by atoms with Gasteiger partial charge in [-0.25, -0.2) is 0 Å². The van der Waals surface area contributed by atoms with E-state index >= 15 is 0 Å². The van der Waals surface area contributed by atoms with Gasteiger partial charge in [0.1, 0.15) is 6.10 Å². The summed E-state index contributed by atoms with van der Waals surface area (Å²) in [5.41, 5.74) is 0.804. The number of ether oxygens (including phenoxy) is 1. The van der Waals surface area contributed by atoms with E-state index in [2.05, 4.69) is 6.92 Å². The lowest BCUT2D eigenvalue weighted by molar-refractivity contribution is -0.0180. The Balaban J connectivity index is 2.08. The summed E-state index contributed by atoms with van der Waals surface area (Å²) in [6, 6.07) is 1.78. The fourth-order valence-corrected chi connectivity index (χ4v) is 1.75. The fourth-order valence-electron chi connectivity index (χ4n) is 1.75. The van der Waals surface area contributed by atoms with E-state index < -0.39 is 6.10 Å². The number of hydrogen-bond donors (Lipinski definition) is 1. The molecule has 3 nitrogen and oxygen atoms in total. The normalized spacial score (nSPS) is 30.6. The van der Waals surface area contributed by atoms with E-state index in [0.29, 0.717) is 5.92 Å². The maximum absolute atomic E-state index is 9.89. The molecule has 1 saturated heterocycles. The molecule has 0 spiro atoms. The Morgan fingerprint density at radius 3 is 3.00 bits per heavy atom. The smallest absolute Gasteiger partial charge is 0.108 e. The number of aliphatic hydroxyl groups excluding tert-OH is 1. The minimum absolute atomic E-state index is 0.0717. The lowest BCUT2D eigenvalue weighted by Gasteiger charge is -2.19. The molecule has 3 unspecified atom stereocenters. The highest BCUT2D eigenvalue weighted by molar-refractivity contribution is 5.11. The molecule has 1 fully saturated rings. The van der Waals surface area contributed by atoms with Gasteiger partial charge in [-0.1, -0.05) is 6.92 Å². The Bertz CT molecular complexity index is 255. The standard InChI is InChI=1S/C10H14O3/c1-7-2-5-13-10(7)9(11)8-3-4-12-6-8/h3-4,6-7,9-11H,2,5H2,1H3. The Morgan fingerprint density at radius 1 is 1.62 bits per heavy atom. The van der Waals surface area contributed by atoms with E-state index in [9.17, 15) is 5.11 Å². The first-order chi connectivity index (χ1) is 6.29. The molecule has 0 radical (unpaired) electrons. The first-order valence-electron chi connectivity index (χ1n) is 4.61. The summed E-state index contributed by atoms with van der Waals surface area (Å²) in [7, 11) is 0. The Hall–Kier alpha value is -0.800. The summed E-state index contributed by atoms with van der Waals surface area (Å²) in [4.78, 5) is 0. The molecular formula is C10H14O3. The lowest BCUT2D eigenvalue weighted by atomic mass is 9.96. The van der Waals surface area contributed by atoms with Gasteiger partial charge in [0.05, 0.1) is 18.6 Å². The minimum Gasteiger partial charge on any atom is -0.472 e. The highest BCUT2D eigenvalue weighted by atomic mass is 16.5. The highest BCUT2D eigenvalue weighted by Gasteiger charge is 2.32. The molecule has 72 valence electrons. The summed E-state index contributed by atoms with van der Waals surface area (Å²) in [6.07, 6.45) is 3.55. The molecule has 13 heavy (non-hydrogen) atoms. The third kappa shape index (κ3) is 1.62. The van der Waals surface area contributed by atoms with Crippen LogP contribution in [0.2, 0.25) is 0 Å². The van der Waals surface area contributed by atoms with Gasteiger partial charge in [-0.05, 0) is 18.4 Å². The molecule has 1 aromatic rings. The molecule has 0 bridgehead atoms. The Kier molecular flexibility index (Phi) is 2.38. The number of furan rings is 1. The maximum Gasteiger partial charge on any atom is 0.108 e. The van der Waals surface area contributed by atoms with Gasteiger partial charge in [0.15, 0.2) is 0 Å². The topological polar surface area (TPSA) is 42.6 Å². The first kappa shape index (κ1) is 8.78. The van der Waals surface area contributed by atoms with Crippen LogP contribution in [0.5, 0.6) is 0 Å². The van der Waals surface area contributed by atoms with E-state index in [1.54, 1.807) is 18.6 Å². The largest absolute Gasteiger partial charge is 0.472 e. The van der Waals surface area contributed by atoms with Gasteiger partial charge in [-0.2, -0.15) is 0 Å². The number of hydrogen-bond acceptors (Lipinski definition) is 3. The van der Waals surface area contributed by atoms with E-state index in [1.165, 1.54) is 0 Å². The first-order valence-corrected chi connectivity index (χ1v) is 4.61. The summed E-state index contributed by atoms with van der Waals surface area (Å²) < 4.78 is 10.4. The summed E-state index contributed by atoms with van der Waals surface area (Å²) in [6.45, 7) is 2.85. The van der Waals surface area contributed by atoms with Crippen LogP contribution < -0.4 is 0 Å². The van der Waals surface area contributed by atoms with E-state index in [0.717, 1.165) is 18.6 Å². The van der Waals surface area contributed by atoms with Crippen molar-refractivity contribution in [2.75, 3.05) is 6.61 Å². The molecule has 1 N–H and O–H groups in total. The van der Waals surface area contributed by atoms with Crippen molar-refractivity contribution in [1.29, 1.82) is 0 Å². The lowest BCUT2D eigenvalue weighted by Crippen LogP contribution is -2.22. The van der Waals surface area contributed by atoms with Gasteiger partial charge in [-0.3, -0.25) is 0 Å². The molecule has 1 aliphatic rings. The average Bonchev–Trinajstić information content (AvgIpc) is 2.72. The van der Waals surface area contributed by atoms with Crippen molar-refractivity contribution in [1.82, 2.24) is 0 Å². The molecule has 0 aliphatic carbocycles. The predicted octanol–water partition coefficient (Wildman–Crippen LogP) is 1.74. The number of aliphatic hydroxyl groups is 1. The van der Waals surface area contributed by atoms with Crippen LogP contribution in [-0.2, 0) is 4.74 Å². The van der Waals surface area contributed by atoms with Crippen LogP contribution in [0.25, 0.3) is 0 Å². The quantitative estimate of drug-likeness (QED) is 0.757. The van der Waals surface area contributed by atoms with Crippen LogP contribution in [0.3, 0.4) is 0 Å². The molecule has 2 rings (SSSR count). The van der Waals surface area contributed by atoms with Crippen LogP contribution in [0.4, 0.5) is 0 Å². The van der Waals surface area contributed by atoms with Gasteiger partial charge in [0.25, 0.3) is 0 Å². The van der Waals surface area contributed by atoms with Crippen molar-refractivity contribution in [3.8, 4) is 0 Å². The highest BCUT2D eigenvalue weighted by Crippen LogP contribution is 2.31. The summed E-state index contributed by atoms with van der Waals surface area (Å²) in [5, 5.41) is 9.89. The van der Waals surface area contributed by atoms with Crippen molar-refractivity contribution in [2.45, 2.75) is 25.6 Å². The van der Waals surface area contributed by atoms with Crippen molar-refractivity contribution < 1.29 is 14.3 Å². The fraction of sp³-hybridized carbons (Fsp3) is 0.600. The second-order valence-corrected chi connectivity index (χ2v) is 3.60. The molecule has 0 aromatic carbocycles. The third-order valence-electron chi connectivity index (χ3n) is 2.64. The van der Waals surface area contributed by atoms with E-state index in [4.69, 9.17) is 9.15 Å². The van der Waals surface area contributed by atoms with Gasteiger partial charge >= 0.3 is 0 Å². The van der Waals surface area contributed by atoms with Gasteiger partial charge < -0.3 is 14.3 Å². The molecule has 1 aromatic heterocycles. The molecular weight excluding hydrogens is 168 g/mol. The summed E-state index contributed by atoms with van der Waals surface area (Å²) in [5.74, 6) is 0.421. The van der Waals surface area contributed by atoms with Crippen molar-refractivity contribution in [3.05, 3.63) is 24.2 Å². The average molecular weight is 182 g/mol. The molecule has 1 aliphatic heterocycles. The Morgan fingerprint density at radius 2 is 2.46 bits per heavy atom. The Labute approximate surface area is 77.3 Å². The molecule has 3 heteroatoms. The molecule has 2 heterocycles. The SMILES string of the molecule is CC1CCOC1C(O)c1ccoc1. The second-order valence-electron chi connectivity index (χ2n) is 3.60. The van der Waals surface area contributed by atoms with Crippen LogP contribution in [0.1, 0.15) is 25.0 Å². The zero-order chi connectivity index (χ0) is 9.26. The van der Waals surface area contributed by atoms with Crippen molar-refractivity contribution in [3.63, 3.8) is 0 Å². The van der Waals surface area contributed by atoms with Gasteiger partial charge in [-0.15, -0.1) is 0 Å². The van der Waals surface area contributed by atoms with Crippen LogP contribution in [0, 0.1) is 5.92 Å².